The Labute approximate surface area is 150 Å². The molecule has 1 atom stereocenters. The molecule has 130 valence electrons. The molecule has 0 aliphatic rings. The van der Waals surface area contributed by atoms with Crippen LogP contribution in [0.3, 0.4) is 0 Å². The van der Waals surface area contributed by atoms with E-state index in [4.69, 9.17) is 4.52 Å². The lowest BCUT2D eigenvalue weighted by atomic mass is 10.1. The van der Waals surface area contributed by atoms with Gasteiger partial charge in [0.1, 0.15) is 0 Å². The molecule has 0 radical (unpaired) electrons. The monoisotopic (exact) mass is 475 g/mol. The predicted molar refractivity (Wildman–Crippen MR) is 93.8 cm³/mol. The minimum absolute atomic E-state index is 0.356. The van der Waals surface area contributed by atoms with E-state index in [0.29, 0.717) is 29.3 Å². The Hall–Kier alpha value is -0.380. The van der Waals surface area contributed by atoms with Crippen molar-refractivity contribution in [2.45, 2.75) is 13.0 Å². The normalized spacial score (nSPS) is 13.0. The van der Waals surface area contributed by atoms with Crippen molar-refractivity contribution >= 4 is 45.2 Å². The molecule has 0 bridgehead atoms. The largest absolute Gasteiger partial charge is 0.341 e. The molecule has 2 N–H and O–H groups in total. The molecule has 1 aromatic carbocycles. The second-order valence-corrected chi connectivity index (χ2v) is 7.99. The Bertz CT molecular complexity index is 581. The zero-order valence-electron chi connectivity index (χ0n) is 12.3. The Morgan fingerprint density at radius 1 is 1.35 bits per heavy atom. The number of hydrogen-bond donors (Lipinski definition) is 2. The van der Waals surface area contributed by atoms with Crippen molar-refractivity contribution in [2.24, 2.45) is 0 Å². The fraction of sp³-hybridized carbons (Fsp3) is 0.500. The molecule has 0 saturated heterocycles. The number of nitrogens with zero attached hydrogens (tertiary/aromatic N) is 1. The van der Waals surface area contributed by atoms with Gasteiger partial charge in [0.25, 0.3) is 0 Å². The predicted octanol–water partition coefficient (Wildman–Crippen LogP) is 3.89. The molecule has 0 saturated carbocycles. The van der Waals surface area contributed by atoms with E-state index < -0.39 is 30.2 Å². The molecule has 11 heteroatoms. The fourth-order valence-corrected chi connectivity index (χ4v) is 4.37. The van der Waals surface area contributed by atoms with Crippen LogP contribution >= 0.6 is 39.5 Å². The van der Waals surface area contributed by atoms with Gasteiger partial charge in [0.2, 0.25) is 5.82 Å². The Kier molecular flexibility index (Phi) is 8.81. The molecule has 0 heterocycles. The summed E-state index contributed by atoms with van der Waals surface area (Å²) >= 11 is 6.45. The van der Waals surface area contributed by atoms with Crippen molar-refractivity contribution in [3.05, 3.63) is 39.7 Å². The van der Waals surface area contributed by atoms with Crippen molar-refractivity contribution in [1.29, 1.82) is 0 Å². The molecular weight excluding hydrogens is 460 g/mol. The minimum atomic E-state index is -3.34. The standard InChI is InChI=1S/C12H17Br2FN3O4P/c1-9(10-2-3-12(18(19)20)11(15)8-10)22-23(21,16-6-4-13)17-7-5-14/h2-3,8-9H,4-7H2,1H3,(H2,16,17,21). The molecule has 7 nitrogen and oxygen atoms in total. The molecule has 0 aliphatic heterocycles. The molecule has 23 heavy (non-hydrogen) atoms. The average molecular weight is 477 g/mol. The number of benzene rings is 1. The molecule has 0 fully saturated rings. The third-order valence-corrected chi connectivity index (χ3v) is 5.46. The van der Waals surface area contributed by atoms with Crippen molar-refractivity contribution in [3.8, 4) is 0 Å². The first-order valence-electron chi connectivity index (χ1n) is 6.67. The smallest absolute Gasteiger partial charge is 0.298 e. The van der Waals surface area contributed by atoms with Gasteiger partial charge in [0, 0.05) is 29.8 Å². The first-order valence-corrected chi connectivity index (χ1v) is 10.5. The quantitative estimate of drug-likeness (QED) is 0.230. The van der Waals surface area contributed by atoms with Crippen LogP contribution < -0.4 is 10.2 Å². The van der Waals surface area contributed by atoms with Crippen LogP contribution in [0.2, 0.25) is 0 Å². The number of nitrogens with one attached hydrogen (secondary N) is 2. The molecule has 0 aromatic heterocycles. The number of nitro groups is 1. The number of rotatable bonds is 10. The van der Waals surface area contributed by atoms with E-state index >= 15 is 0 Å². The van der Waals surface area contributed by atoms with Crippen LogP contribution in [0.25, 0.3) is 0 Å². The fourth-order valence-electron chi connectivity index (χ4n) is 1.72. The summed E-state index contributed by atoms with van der Waals surface area (Å²) in [5, 5.41) is 17.3. The molecule has 0 amide bonds. The number of nitro benzene ring substituents is 1. The topological polar surface area (TPSA) is 93.5 Å². The lowest BCUT2D eigenvalue weighted by Gasteiger charge is -2.24. The summed E-state index contributed by atoms with van der Waals surface area (Å²) in [6, 6.07) is 3.46. The van der Waals surface area contributed by atoms with Gasteiger partial charge in [-0.3, -0.25) is 19.2 Å². The highest BCUT2D eigenvalue weighted by atomic mass is 79.9. The van der Waals surface area contributed by atoms with Crippen molar-refractivity contribution < 1.29 is 18.4 Å². The lowest BCUT2D eigenvalue weighted by Crippen LogP contribution is -2.27. The maximum atomic E-state index is 13.7. The lowest BCUT2D eigenvalue weighted by molar-refractivity contribution is -0.387. The van der Waals surface area contributed by atoms with Gasteiger partial charge in [-0.1, -0.05) is 31.9 Å². The third kappa shape index (κ3) is 6.56. The summed E-state index contributed by atoms with van der Waals surface area (Å²) in [6.45, 7) is 2.42. The van der Waals surface area contributed by atoms with Crippen LogP contribution in [0.4, 0.5) is 10.1 Å². The van der Waals surface area contributed by atoms with Crippen molar-refractivity contribution in [1.82, 2.24) is 10.2 Å². The molecule has 1 rings (SSSR count). The van der Waals surface area contributed by atoms with Gasteiger partial charge < -0.3 is 0 Å². The Morgan fingerprint density at radius 2 is 1.91 bits per heavy atom. The second kappa shape index (κ2) is 9.80. The van der Waals surface area contributed by atoms with Gasteiger partial charge >= 0.3 is 13.4 Å². The Balaban J connectivity index is 2.89. The van der Waals surface area contributed by atoms with Gasteiger partial charge in [-0.05, 0) is 24.6 Å². The van der Waals surface area contributed by atoms with Crippen LogP contribution in [0, 0.1) is 15.9 Å². The Morgan fingerprint density at radius 3 is 2.35 bits per heavy atom. The van der Waals surface area contributed by atoms with Crippen LogP contribution in [-0.2, 0) is 9.09 Å². The molecule has 0 aliphatic carbocycles. The molecule has 0 spiro atoms. The highest BCUT2D eigenvalue weighted by Crippen LogP contribution is 2.43. The SMILES string of the molecule is CC(OP(=O)(NCCBr)NCCBr)c1ccc([N+](=O)[O-])c(F)c1. The number of halogens is 3. The van der Waals surface area contributed by atoms with Crippen LogP contribution in [0.15, 0.2) is 18.2 Å². The van der Waals surface area contributed by atoms with E-state index in [1.807, 2.05) is 0 Å². The van der Waals surface area contributed by atoms with Crippen LogP contribution in [-0.4, -0.2) is 28.7 Å². The summed E-state index contributed by atoms with van der Waals surface area (Å²) in [7, 11) is -3.34. The molecule has 1 unspecified atom stereocenters. The van der Waals surface area contributed by atoms with Crippen molar-refractivity contribution in [3.63, 3.8) is 0 Å². The first kappa shape index (κ1) is 20.7. The van der Waals surface area contributed by atoms with Crippen LogP contribution in [0.1, 0.15) is 18.6 Å². The van der Waals surface area contributed by atoms with Gasteiger partial charge in [-0.2, -0.15) is 4.39 Å². The second-order valence-electron chi connectivity index (χ2n) is 4.46. The highest BCUT2D eigenvalue weighted by molar-refractivity contribution is 9.09. The van der Waals surface area contributed by atoms with E-state index in [9.17, 15) is 19.1 Å². The summed E-state index contributed by atoms with van der Waals surface area (Å²) in [5.74, 6) is -0.959. The van der Waals surface area contributed by atoms with Crippen LogP contribution in [0.5, 0.6) is 0 Å². The maximum absolute atomic E-state index is 13.7. The number of alkyl halides is 2. The summed E-state index contributed by atoms with van der Waals surface area (Å²) in [6.07, 6.45) is -0.721. The van der Waals surface area contributed by atoms with Gasteiger partial charge in [0.05, 0.1) is 11.0 Å². The van der Waals surface area contributed by atoms with E-state index in [1.165, 1.54) is 6.07 Å². The first-order chi connectivity index (χ1) is 10.8. The van der Waals surface area contributed by atoms with E-state index in [2.05, 4.69) is 42.0 Å². The van der Waals surface area contributed by atoms with Gasteiger partial charge in [-0.25, -0.2) is 10.2 Å². The van der Waals surface area contributed by atoms with Gasteiger partial charge in [-0.15, -0.1) is 0 Å². The zero-order chi connectivity index (χ0) is 17.5. The zero-order valence-corrected chi connectivity index (χ0v) is 16.4. The molecule has 1 aromatic rings. The third-order valence-electron chi connectivity index (χ3n) is 2.77. The summed E-state index contributed by atoms with van der Waals surface area (Å²) in [5.41, 5.74) is -0.256. The maximum Gasteiger partial charge on any atom is 0.341 e. The van der Waals surface area contributed by atoms with E-state index in [-0.39, 0.29) is 0 Å². The van der Waals surface area contributed by atoms with E-state index in [0.717, 1.165) is 12.1 Å². The van der Waals surface area contributed by atoms with E-state index in [1.54, 1.807) is 6.92 Å². The summed E-state index contributed by atoms with van der Waals surface area (Å²) in [4.78, 5) is 9.83. The van der Waals surface area contributed by atoms with Crippen molar-refractivity contribution in [2.75, 3.05) is 23.7 Å². The summed E-state index contributed by atoms with van der Waals surface area (Å²) < 4.78 is 31.9. The minimum Gasteiger partial charge on any atom is -0.298 e. The number of hydrogen-bond acceptors (Lipinski definition) is 4. The molecular formula is C12H17Br2FN3O4P. The average Bonchev–Trinajstić information content (AvgIpc) is 2.50. The highest BCUT2D eigenvalue weighted by Gasteiger charge is 2.26. The van der Waals surface area contributed by atoms with Gasteiger partial charge in [0.15, 0.2) is 0 Å².